The molecule has 90 valence electrons. The van der Waals surface area contributed by atoms with Crippen molar-refractivity contribution >= 4 is 38.5 Å². The van der Waals surface area contributed by atoms with Crippen LogP contribution in [-0.2, 0) is 0 Å². The van der Waals surface area contributed by atoms with Gasteiger partial charge in [-0.15, -0.1) is 0 Å². The molecule has 1 aromatic carbocycles. The summed E-state index contributed by atoms with van der Waals surface area (Å²) in [5, 5.41) is 0. The van der Waals surface area contributed by atoms with Crippen LogP contribution in [0.5, 0.6) is 11.5 Å². The molecule has 0 fully saturated rings. The van der Waals surface area contributed by atoms with Crippen LogP contribution in [0.3, 0.4) is 0 Å². The third-order valence-electron chi connectivity index (χ3n) is 2.26. The Kier molecular flexibility index (Phi) is 5.33. The first-order valence-electron chi connectivity index (χ1n) is 4.82. The van der Waals surface area contributed by atoms with E-state index in [2.05, 4.69) is 38.5 Å². The molecule has 0 aliphatic carbocycles. The Hall–Kier alpha value is -0.0100. The maximum atomic E-state index is 5.91. The van der Waals surface area contributed by atoms with Crippen molar-refractivity contribution in [1.82, 2.24) is 0 Å². The minimum absolute atomic E-state index is 0.0559. The van der Waals surface area contributed by atoms with Gasteiger partial charge in [0.05, 0.1) is 22.6 Å². The molecule has 0 bridgehead atoms. The van der Waals surface area contributed by atoms with Gasteiger partial charge in [0.2, 0.25) is 0 Å². The molecule has 0 radical (unpaired) electrons. The number of ether oxygens (including phenoxy) is 2. The molecule has 5 heteroatoms. The van der Waals surface area contributed by atoms with Crippen LogP contribution in [0.25, 0.3) is 0 Å². The first kappa shape index (κ1) is 14.1. The molecule has 1 rings (SSSR count). The molecule has 0 saturated heterocycles. The first-order valence-corrected chi connectivity index (χ1v) is 6.86. The van der Waals surface area contributed by atoms with Gasteiger partial charge in [0.15, 0.2) is 0 Å². The summed E-state index contributed by atoms with van der Waals surface area (Å²) in [6.07, 6.45) is 0. The monoisotopic (exact) mass is 399 g/mol. The van der Waals surface area contributed by atoms with E-state index in [9.17, 15) is 0 Å². The van der Waals surface area contributed by atoms with Crippen LogP contribution in [0, 0.1) is 0 Å². The fraction of sp³-hybridized carbons (Fsp3) is 0.455. The normalized spacial score (nSPS) is 14.4. The van der Waals surface area contributed by atoms with Crippen LogP contribution in [0.1, 0.15) is 16.4 Å². The summed E-state index contributed by atoms with van der Waals surface area (Å²) >= 11 is 5.74. The second-order valence-electron chi connectivity index (χ2n) is 3.49. The summed E-state index contributed by atoms with van der Waals surface area (Å²) in [7, 11) is 3.30. The van der Waals surface area contributed by atoms with Gasteiger partial charge in [-0.25, -0.2) is 0 Å². The Labute approximate surface area is 118 Å². The van der Waals surface area contributed by atoms with Crippen LogP contribution in [-0.4, -0.2) is 20.3 Å². The molecule has 2 atom stereocenters. The highest BCUT2D eigenvalue weighted by Crippen LogP contribution is 2.39. The number of benzene rings is 1. The molecule has 0 aliphatic heterocycles. The van der Waals surface area contributed by atoms with E-state index in [-0.39, 0.29) is 9.97 Å². The largest absolute Gasteiger partial charge is 0.496 e. The van der Waals surface area contributed by atoms with E-state index in [0.29, 0.717) is 0 Å². The van der Waals surface area contributed by atoms with E-state index in [4.69, 9.17) is 15.2 Å². The molecule has 3 nitrogen and oxygen atoms in total. The minimum Gasteiger partial charge on any atom is -0.496 e. The van der Waals surface area contributed by atoms with Crippen molar-refractivity contribution in [1.29, 1.82) is 0 Å². The topological polar surface area (TPSA) is 44.5 Å². The van der Waals surface area contributed by atoms with Crippen LogP contribution in [0.15, 0.2) is 16.6 Å². The van der Waals surface area contributed by atoms with Gasteiger partial charge in [-0.1, -0.05) is 22.6 Å². The predicted octanol–water partition coefficient (Wildman–Crippen LogP) is 3.29. The molecule has 0 heterocycles. The summed E-state index contributed by atoms with van der Waals surface area (Å²) in [5.41, 5.74) is 6.96. The molecular formula is C11H15BrINO2. The number of nitrogens with two attached hydrogens (primary N) is 1. The second kappa shape index (κ2) is 6.07. The molecule has 0 aromatic heterocycles. The van der Waals surface area contributed by atoms with Crippen LogP contribution in [0.2, 0.25) is 0 Å². The summed E-state index contributed by atoms with van der Waals surface area (Å²) in [6.45, 7) is 1.98. The number of hydrogen-bond donors (Lipinski definition) is 1. The van der Waals surface area contributed by atoms with Crippen LogP contribution < -0.4 is 15.2 Å². The molecule has 2 N–H and O–H groups in total. The maximum absolute atomic E-state index is 5.91. The van der Waals surface area contributed by atoms with Crippen molar-refractivity contribution < 1.29 is 9.47 Å². The summed E-state index contributed by atoms with van der Waals surface area (Å²) in [4.78, 5) is 0. The minimum atomic E-state index is 0.0559. The highest BCUT2D eigenvalue weighted by atomic mass is 127. The lowest BCUT2D eigenvalue weighted by Gasteiger charge is -2.19. The Morgan fingerprint density at radius 1 is 1.25 bits per heavy atom. The number of halogens is 2. The lowest BCUT2D eigenvalue weighted by Crippen LogP contribution is -2.21. The molecular weight excluding hydrogens is 385 g/mol. The molecule has 2 unspecified atom stereocenters. The van der Waals surface area contributed by atoms with E-state index < -0.39 is 0 Å². The summed E-state index contributed by atoms with van der Waals surface area (Å²) in [5.74, 6) is 1.61. The maximum Gasteiger partial charge on any atom is 0.133 e. The number of hydrogen-bond acceptors (Lipinski definition) is 3. The average molecular weight is 400 g/mol. The zero-order valence-corrected chi connectivity index (χ0v) is 13.2. The Morgan fingerprint density at radius 3 is 2.25 bits per heavy atom. The van der Waals surface area contributed by atoms with Crippen molar-refractivity contribution in [3.8, 4) is 11.5 Å². The van der Waals surface area contributed by atoms with E-state index in [0.717, 1.165) is 21.5 Å². The van der Waals surface area contributed by atoms with Gasteiger partial charge in [-0.3, -0.25) is 0 Å². The zero-order chi connectivity index (χ0) is 12.3. The van der Waals surface area contributed by atoms with Gasteiger partial charge in [0, 0.05) is 11.6 Å². The van der Waals surface area contributed by atoms with E-state index in [1.165, 1.54) is 0 Å². The van der Waals surface area contributed by atoms with Gasteiger partial charge in [0.1, 0.15) is 11.5 Å². The van der Waals surface area contributed by atoms with E-state index in [1.807, 2.05) is 19.1 Å². The number of alkyl halides is 1. The van der Waals surface area contributed by atoms with E-state index >= 15 is 0 Å². The fourth-order valence-electron chi connectivity index (χ4n) is 1.38. The van der Waals surface area contributed by atoms with E-state index in [1.54, 1.807) is 14.2 Å². The highest BCUT2D eigenvalue weighted by molar-refractivity contribution is 14.1. The van der Waals surface area contributed by atoms with Gasteiger partial charge in [-0.05, 0) is 35.0 Å². The molecule has 0 spiro atoms. The van der Waals surface area contributed by atoms with Crippen LogP contribution >= 0.6 is 38.5 Å². The van der Waals surface area contributed by atoms with Crippen molar-refractivity contribution in [3.05, 3.63) is 22.2 Å². The number of methoxy groups -OCH3 is 2. The molecule has 0 amide bonds. The third-order valence-corrected chi connectivity index (χ3v) is 4.69. The Morgan fingerprint density at radius 2 is 1.81 bits per heavy atom. The van der Waals surface area contributed by atoms with Gasteiger partial charge >= 0.3 is 0 Å². The van der Waals surface area contributed by atoms with Crippen molar-refractivity contribution in [2.75, 3.05) is 14.2 Å². The summed E-state index contributed by atoms with van der Waals surface area (Å²) < 4.78 is 11.7. The lowest BCUT2D eigenvalue weighted by atomic mass is 10.1. The Balaban J connectivity index is 3.24. The standard InChI is InChI=1S/C11H15BrINO2/c1-6(14)11(13)7-4-10(16-3)8(12)5-9(7)15-2/h4-6,11H,14H2,1-3H3. The van der Waals surface area contributed by atoms with Crippen molar-refractivity contribution in [3.63, 3.8) is 0 Å². The lowest BCUT2D eigenvalue weighted by molar-refractivity contribution is 0.396. The van der Waals surface area contributed by atoms with Crippen molar-refractivity contribution in [2.24, 2.45) is 5.73 Å². The molecule has 0 saturated carbocycles. The number of rotatable bonds is 4. The Bertz CT molecular complexity index is 371. The smallest absolute Gasteiger partial charge is 0.133 e. The van der Waals surface area contributed by atoms with Crippen LogP contribution in [0.4, 0.5) is 0 Å². The summed E-state index contributed by atoms with van der Waals surface area (Å²) in [6, 6.07) is 3.92. The average Bonchev–Trinajstić information content (AvgIpc) is 2.27. The van der Waals surface area contributed by atoms with Crippen molar-refractivity contribution in [2.45, 2.75) is 16.9 Å². The van der Waals surface area contributed by atoms with Gasteiger partial charge < -0.3 is 15.2 Å². The van der Waals surface area contributed by atoms with Gasteiger partial charge in [-0.2, -0.15) is 0 Å². The highest BCUT2D eigenvalue weighted by Gasteiger charge is 2.19. The quantitative estimate of drug-likeness (QED) is 0.624. The SMILES string of the molecule is COc1cc(C(I)C(C)N)c(OC)cc1Br. The molecule has 16 heavy (non-hydrogen) atoms. The molecule has 0 aliphatic rings. The third kappa shape index (κ3) is 3.01. The zero-order valence-electron chi connectivity index (χ0n) is 9.46. The predicted molar refractivity (Wildman–Crippen MR) is 77.7 cm³/mol. The molecule has 1 aromatic rings. The second-order valence-corrected chi connectivity index (χ2v) is 5.69. The first-order chi connectivity index (χ1) is 7.51. The fourth-order valence-corrected chi connectivity index (χ4v) is 2.35. The van der Waals surface area contributed by atoms with Gasteiger partial charge in [0.25, 0.3) is 0 Å².